The van der Waals surface area contributed by atoms with Crippen LogP contribution in [0.4, 0.5) is 0 Å². The highest BCUT2D eigenvalue weighted by molar-refractivity contribution is 7.91. The van der Waals surface area contributed by atoms with Gasteiger partial charge in [0.25, 0.3) is 5.91 Å². The summed E-state index contributed by atoms with van der Waals surface area (Å²) in [4.78, 5) is 17.9. The minimum atomic E-state index is -3.85. The second-order valence-electron chi connectivity index (χ2n) is 6.10. The fraction of sp³-hybridized carbons (Fsp3) is 0.211. The molecule has 4 rings (SSSR count). The SMILES string of the molecule is O=C(c1[nH]c2ccccc2c1S(=O)(=O)c1ccccc1)N1CCOCC1. The zero-order chi connectivity index (χ0) is 18.1. The van der Waals surface area contributed by atoms with E-state index < -0.39 is 9.84 Å². The van der Waals surface area contributed by atoms with E-state index in [1.807, 2.05) is 0 Å². The lowest BCUT2D eigenvalue weighted by molar-refractivity contribution is 0.0297. The molecule has 0 radical (unpaired) electrons. The summed E-state index contributed by atoms with van der Waals surface area (Å²) in [6, 6.07) is 15.3. The molecule has 1 aliphatic rings. The average Bonchev–Trinajstić information content (AvgIpc) is 3.09. The van der Waals surface area contributed by atoms with Gasteiger partial charge in [-0.25, -0.2) is 8.42 Å². The van der Waals surface area contributed by atoms with Crippen LogP contribution >= 0.6 is 0 Å². The molecule has 1 amide bonds. The van der Waals surface area contributed by atoms with E-state index in [9.17, 15) is 13.2 Å². The van der Waals surface area contributed by atoms with Crippen molar-refractivity contribution < 1.29 is 17.9 Å². The summed E-state index contributed by atoms with van der Waals surface area (Å²) in [6.45, 7) is 1.79. The number of morpholine rings is 1. The third kappa shape index (κ3) is 2.79. The van der Waals surface area contributed by atoms with E-state index in [0.29, 0.717) is 37.2 Å². The number of aromatic nitrogens is 1. The van der Waals surface area contributed by atoms with Gasteiger partial charge in [0, 0.05) is 24.0 Å². The van der Waals surface area contributed by atoms with Gasteiger partial charge in [-0.15, -0.1) is 0 Å². The number of carbonyl (C=O) groups is 1. The van der Waals surface area contributed by atoms with Gasteiger partial charge in [-0.1, -0.05) is 36.4 Å². The second kappa shape index (κ2) is 6.59. The Hall–Kier alpha value is -2.64. The van der Waals surface area contributed by atoms with Crippen molar-refractivity contribution in [3.8, 4) is 0 Å². The minimum Gasteiger partial charge on any atom is -0.378 e. The van der Waals surface area contributed by atoms with Crippen molar-refractivity contribution in [3.63, 3.8) is 0 Å². The molecule has 2 heterocycles. The summed E-state index contributed by atoms with van der Waals surface area (Å²) < 4.78 is 31.9. The molecule has 1 aliphatic heterocycles. The van der Waals surface area contributed by atoms with Crippen LogP contribution in [0.3, 0.4) is 0 Å². The van der Waals surface area contributed by atoms with Crippen LogP contribution in [0, 0.1) is 0 Å². The number of aromatic amines is 1. The average molecular weight is 370 g/mol. The molecule has 7 heteroatoms. The zero-order valence-corrected chi connectivity index (χ0v) is 14.8. The van der Waals surface area contributed by atoms with E-state index in [2.05, 4.69) is 4.98 Å². The van der Waals surface area contributed by atoms with Gasteiger partial charge in [0.2, 0.25) is 9.84 Å². The molecule has 0 atom stereocenters. The van der Waals surface area contributed by atoms with Crippen molar-refractivity contribution in [2.75, 3.05) is 26.3 Å². The summed E-state index contributed by atoms with van der Waals surface area (Å²) in [5, 5.41) is 0.521. The number of fused-ring (bicyclic) bond motifs is 1. The van der Waals surface area contributed by atoms with Gasteiger partial charge < -0.3 is 14.6 Å². The summed E-state index contributed by atoms with van der Waals surface area (Å²) in [5.74, 6) is -0.320. The predicted octanol–water partition coefficient (Wildman–Crippen LogP) is 2.47. The number of nitrogens with one attached hydrogen (secondary N) is 1. The van der Waals surface area contributed by atoms with E-state index in [1.165, 1.54) is 0 Å². The Balaban J connectivity index is 1.91. The highest BCUT2D eigenvalue weighted by atomic mass is 32.2. The van der Waals surface area contributed by atoms with Gasteiger partial charge in [-0.05, 0) is 18.2 Å². The van der Waals surface area contributed by atoms with Crippen LogP contribution in [0.5, 0.6) is 0 Å². The maximum atomic E-state index is 13.3. The van der Waals surface area contributed by atoms with Crippen molar-refractivity contribution in [3.05, 3.63) is 60.3 Å². The number of nitrogens with zero attached hydrogens (tertiary/aromatic N) is 1. The topological polar surface area (TPSA) is 79.5 Å². The first-order valence-corrected chi connectivity index (χ1v) is 9.85. The molecule has 1 fully saturated rings. The van der Waals surface area contributed by atoms with Crippen LogP contribution in [0.2, 0.25) is 0 Å². The normalized spacial score (nSPS) is 15.3. The fourth-order valence-electron chi connectivity index (χ4n) is 3.19. The maximum absolute atomic E-state index is 13.3. The Kier molecular flexibility index (Phi) is 4.26. The first kappa shape index (κ1) is 16.8. The van der Waals surface area contributed by atoms with Crippen molar-refractivity contribution >= 4 is 26.6 Å². The molecule has 0 aliphatic carbocycles. The van der Waals surface area contributed by atoms with Crippen LogP contribution in [0.1, 0.15) is 10.5 Å². The molecule has 0 unspecified atom stereocenters. The summed E-state index contributed by atoms with van der Waals surface area (Å²) >= 11 is 0. The van der Waals surface area contributed by atoms with E-state index in [4.69, 9.17) is 4.74 Å². The number of carbonyl (C=O) groups excluding carboxylic acids is 1. The minimum absolute atomic E-state index is 0.0378. The number of hydrogen-bond donors (Lipinski definition) is 1. The smallest absolute Gasteiger partial charge is 0.271 e. The van der Waals surface area contributed by atoms with Crippen molar-refractivity contribution in [1.82, 2.24) is 9.88 Å². The summed E-state index contributed by atoms with van der Waals surface area (Å²) in [7, 11) is -3.85. The van der Waals surface area contributed by atoms with Crippen LogP contribution in [0.15, 0.2) is 64.4 Å². The third-order valence-electron chi connectivity index (χ3n) is 4.49. The fourth-order valence-corrected chi connectivity index (χ4v) is 4.81. The highest BCUT2D eigenvalue weighted by Gasteiger charge is 2.31. The lowest BCUT2D eigenvalue weighted by atomic mass is 10.2. The van der Waals surface area contributed by atoms with E-state index in [1.54, 1.807) is 59.5 Å². The second-order valence-corrected chi connectivity index (χ2v) is 7.98. The van der Waals surface area contributed by atoms with Crippen molar-refractivity contribution in [2.45, 2.75) is 9.79 Å². The Bertz CT molecular complexity index is 1050. The molecule has 0 bridgehead atoms. The van der Waals surface area contributed by atoms with Gasteiger partial charge in [0.1, 0.15) is 10.6 Å². The van der Waals surface area contributed by atoms with Gasteiger partial charge in [-0.3, -0.25) is 4.79 Å². The van der Waals surface area contributed by atoms with Crippen LogP contribution < -0.4 is 0 Å². The van der Waals surface area contributed by atoms with E-state index in [0.717, 1.165) is 0 Å². The molecule has 1 N–H and O–H groups in total. The molecule has 134 valence electrons. The molecule has 2 aromatic carbocycles. The number of rotatable bonds is 3. The molecular weight excluding hydrogens is 352 g/mol. The Morgan fingerprint density at radius 1 is 0.962 bits per heavy atom. The van der Waals surface area contributed by atoms with E-state index >= 15 is 0 Å². The quantitative estimate of drug-likeness (QED) is 0.768. The Labute approximate surface area is 151 Å². The standard InChI is InChI=1S/C19H18N2O4S/c22-19(21-10-12-25-13-11-21)17-18(15-8-4-5-9-16(15)20-17)26(23,24)14-6-2-1-3-7-14/h1-9,20H,10-13H2. The van der Waals surface area contributed by atoms with Crippen LogP contribution in [-0.2, 0) is 14.6 Å². The van der Waals surface area contributed by atoms with Gasteiger partial charge >= 0.3 is 0 Å². The predicted molar refractivity (Wildman–Crippen MR) is 96.9 cm³/mol. The summed E-state index contributed by atoms with van der Waals surface area (Å²) in [6.07, 6.45) is 0. The van der Waals surface area contributed by atoms with Crippen LogP contribution in [-0.4, -0.2) is 50.5 Å². The number of ether oxygens (including phenoxy) is 1. The molecule has 1 aromatic heterocycles. The number of amides is 1. The monoisotopic (exact) mass is 370 g/mol. The molecule has 3 aromatic rings. The Morgan fingerprint density at radius 3 is 2.35 bits per heavy atom. The number of para-hydroxylation sites is 1. The summed E-state index contributed by atoms with van der Waals surface area (Å²) in [5.41, 5.74) is 0.732. The van der Waals surface area contributed by atoms with Crippen molar-refractivity contribution in [2.24, 2.45) is 0 Å². The Morgan fingerprint density at radius 2 is 1.62 bits per heavy atom. The number of hydrogen-bond acceptors (Lipinski definition) is 4. The molecular formula is C19H18N2O4S. The zero-order valence-electron chi connectivity index (χ0n) is 14.0. The lowest BCUT2D eigenvalue weighted by Crippen LogP contribution is -2.41. The highest BCUT2D eigenvalue weighted by Crippen LogP contribution is 2.32. The van der Waals surface area contributed by atoms with Gasteiger partial charge in [-0.2, -0.15) is 0 Å². The number of sulfone groups is 1. The van der Waals surface area contributed by atoms with Gasteiger partial charge in [0.05, 0.1) is 18.1 Å². The number of H-pyrrole nitrogens is 1. The maximum Gasteiger partial charge on any atom is 0.271 e. The first-order valence-electron chi connectivity index (χ1n) is 8.37. The molecule has 0 saturated carbocycles. The first-order chi connectivity index (χ1) is 12.6. The number of benzene rings is 2. The lowest BCUT2D eigenvalue weighted by Gasteiger charge is -2.26. The largest absolute Gasteiger partial charge is 0.378 e. The third-order valence-corrected chi connectivity index (χ3v) is 6.35. The molecule has 26 heavy (non-hydrogen) atoms. The molecule has 6 nitrogen and oxygen atoms in total. The molecule has 1 saturated heterocycles. The van der Waals surface area contributed by atoms with Gasteiger partial charge in [0.15, 0.2) is 0 Å². The molecule has 0 spiro atoms. The van der Waals surface area contributed by atoms with E-state index in [-0.39, 0.29) is 21.4 Å². The van der Waals surface area contributed by atoms with Crippen molar-refractivity contribution in [1.29, 1.82) is 0 Å². The van der Waals surface area contributed by atoms with Crippen LogP contribution in [0.25, 0.3) is 10.9 Å².